The molecule has 0 bridgehead atoms. The van der Waals surface area contributed by atoms with Crippen molar-refractivity contribution in [1.29, 1.82) is 0 Å². The number of rotatable bonds is 5. The molecule has 2 atom stereocenters. The van der Waals surface area contributed by atoms with Crippen LogP contribution in [0.4, 0.5) is 0 Å². The van der Waals surface area contributed by atoms with Crippen LogP contribution in [0.5, 0.6) is 0 Å². The maximum absolute atomic E-state index is 11.7. The summed E-state index contributed by atoms with van der Waals surface area (Å²) in [5.74, 6) is -0.663. The molecule has 90 valence electrons. The first-order valence-corrected chi connectivity index (χ1v) is 5.40. The van der Waals surface area contributed by atoms with Gasteiger partial charge in [-0.15, -0.1) is 0 Å². The van der Waals surface area contributed by atoms with Crippen molar-refractivity contribution in [1.82, 2.24) is 0 Å². The number of hydrogen-bond donors (Lipinski definition) is 0. The van der Waals surface area contributed by atoms with Gasteiger partial charge in [0.05, 0.1) is 0 Å². The molecule has 0 N–H and O–H groups in total. The Balaban J connectivity index is 2.58. The lowest BCUT2D eigenvalue weighted by atomic mass is 9.90. The van der Waals surface area contributed by atoms with E-state index in [9.17, 15) is 14.4 Å². The third-order valence-electron chi connectivity index (χ3n) is 3.49. The summed E-state index contributed by atoms with van der Waals surface area (Å²) in [6.07, 6.45) is 0.997. The molecule has 0 aromatic rings. The van der Waals surface area contributed by atoms with Gasteiger partial charge in [0.2, 0.25) is 0 Å². The van der Waals surface area contributed by atoms with Crippen LogP contribution in [0.15, 0.2) is 0 Å². The second kappa shape index (κ2) is 4.00. The molecule has 4 nitrogen and oxygen atoms in total. The summed E-state index contributed by atoms with van der Waals surface area (Å²) in [4.78, 5) is 33.5. The fourth-order valence-electron chi connectivity index (χ4n) is 2.06. The van der Waals surface area contributed by atoms with Crippen molar-refractivity contribution in [2.45, 2.75) is 46.6 Å². The van der Waals surface area contributed by atoms with Crippen molar-refractivity contribution in [2.75, 3.05) is 0 Å². The van der Waals surface area contributed by atoms with Gasteiger partial charge >= 0.3 is 5.97 Å². The van der Waals surface area contributed by atoms with Crippen molar-refractivity contribution < 1.29 is 19.1 Å². The van der Waals surface area contributed by atoms with Gasteiger partial charge in [-0.3, -0.25) is 9.59 Å². The predicted octanol–water partition coefficient (Wildman–Crippen LogP) is 1.51. The quantitative estimate of drug-likeness (QED) is 0.526. The Labute approximate surface area is 95.3 Å². The van der Waals surface area contributed by atoms with Crippen molar-refractivity contribution in [2.24, 2.45) is 10.8 Å². The summed E-state index contributed by atoms with van der Waals surface area (Å²) in [6, 6.07) is 0. The van der Waals surface area contributed by atoms with E-state index in [2.05, 4.69) is 0 Å². The molecule has 1 fully saturated rings. The first-order valence-electron chi connectivity index (χ1n) is 5.40. The second-order valence-electron chi connectivity index (χ2n) is 5.23. The highest BCUT2D eigenvalue weighted by molar-refractivity contribution is 5.89. The molecule has 1 aliphatic rings. The zero-order valence-electron chi connectivity index (χ0n) is 10.2. The van der Waals surface area contributed by atoms with E-state index < -0.39 is 17.5 Å². The minimum absolute atomic E-state index is 0.111. The molecule has 0 heterocycles. The first kappa shape index (κ1) is 12.9. The van der Waals surface area contributed by atoms with Crippen molar-refractivity contribution >= 4 is 18.0 Å². The van der Waals surface area contributed by atoms with Gasteiger partial charge in [0.25, 0.3) is 0 Å². The Hall–Kier alpha value is -1.19. The zero-order chi connectivity index (χ0) is 12.6. The van der Waals surface area contributed by atoms with Crippen LogP contribution in [0, 0.1) is 10.8 Å². The number of carbonyl (C=O) groups is 3. The minimum atomic E-state index is -0.759. The van der Waals surface area contributed by atoms with Crippen LogP contribution in [0.25, 0.3) is 0 Å². The zero-order valence-corrected chi connectivity index (χ0v) is 10.2. The number of ketones is 1. The van der Waals surface area contributed by atoms with E-state index in [0.717, 1.165) is 12.7 Å². The van der Waals surface area contributed by atoms with Crippen molar-refractivity contribution in [3.8, 4) is 0 Å². The third kappa shape index (κ3) is 2.31. The lowest BCUT2D eigenvalue weighted by Crippen LogP contribution is -2.27. The maximum Gasteiger partial charge on any atom is 0.303 e. The van der Waals surface area contributed by atoms with Crippen LogP contribution in [-0.2, 0) is 19.1 Å². The van der Waals surface area contributed by atoms with Crippen LogP contribution in [-0.4, -0.2) is 24.1 Å². The van der Waals surface area contributed by atoms with Gasteiger partial charge in [0.1, 0.15) is 6.29 Å². The Morgan fingerprint density at radius 3 is 2.25 bits per heavy atom. The number of carbonyl (C=O) groups excluding carboxylic acids is 3. The predicted molar refractivity (Wildman–Crippen MR) is 57.7 cm³/mol. The van der Waals surface area contributed by atoms with Crippen LogP contribution in [0.1, 0.15) is 40.5 Å². The normalized spacial score (nSPS) is 28.0. The highest BCUT2D eigenvalue weighted by Gasteiger charge is 2.62. The largest absolute Gasteiger partial charge is 0.455 e. The number of esters is 1. The average molecular weight is 226 g/mol. The summed E-state index contributed by atoms with van der Waals surface area (Å²) < 4.78 is 4.79. The summed E-state index contributed by atoms with van der Waals surface area (Å²) in [5.41, 5.74) is -0.654. The van der Waals surface area contributed by atoms with Crippen LogP contribution < -0.4 is 0 Å². The van der Waals surface area contributed by atoms with E-state index >= 15 is 0 Å². The molecule has 4 heteroatoms. The standard InChI is InChI=1S/C12H18O4/c1-8(16-9(2)14)10(15)5-12(7-13)6-11(12,3)4/h7-8H,5-6H2,1-4H3. The van der Waals surface area contributed by atoms with Gasteiger partial charge in [-0.1, -0.05) is 13.8 Å². The van der Waals surface area contributed by atoms with Gasteiger partial charge < -0.3 is 9.53 Å². The molecule has 0 amide bonds. The Morgan fingerprint density at radius 1 is 1.44 bits per heavy atom. The van der Waals surface area contributed by atoms with Crippen molar-refractivity contribution in [3.05, 3.63) is 0 Å². The summed E-state index contributed by atoms with van der Waals surface area (Å²) in [6.45, 7) is 6.73. The maximum atomic E-state index is 11.7. The molecule has 1 aliphatic carbocycles. The third-order valence-corrected chi connectivity index (χ3v) is 3.49. The molecule has 1 rings (SSSR count). The van der Waals surface area contributed by atoms with E-state index in [4.69, 9.17) is 4.74 Å². The fraction of sp³-hybridized carbons (Fsp3) is 0.750. The molecular weight excluding hydrogens is 208 g/mol. The summed E-state index contributed by atoms with van der Waals surface area (Å²) in [7, 11) is 0. The Kier molecular flexibility index (Phi) is 3.22. The van der Waals surface area contributed by atoms with Crippen molar-refractivity contribution in [3.63, 3.8) is 0 Å². The van der Waals surface area contributed by atoms with E-state index in [1.54, 1.807) is 0 Å². The second-order valence-corrected chi connectivity index (χ2v) is 5.23. The van der Waals surface area contributed by atoms with E-state index in [1.165, 1.54) is 13.8 Å². The molecule has 1 saturated carbocycles. The van der Waals surface area contributed by atoms with Gasteiger partial charge in [-0.2, -0.15) is 0 Å². The Bertz CT molecular complexity index is 332. The molecule has 2 unspecified atom stereocenters. The van der Waals surface area contributed by atoms with Crippen LogP contribution in [0.2, 0.25) is 0 Å². The van der Waals surface area contributed by atoms with E-state index in [0.29, 0.717) is 0 Å². The molecule has 0 aromatic heterocycles. The molecule has 0 aliphatic heterocycles. The summed E-state index contributed by atoms with van der Waals surface area (Å²) in [5, 5.41) is 0. The lowest BCUT2D eigenvalue weighted by molar-refractivity contribution is -0.152. The number of hydrogen-bond acceptors (Lipinski definition) is 4. The van der Waals surface area contributed by atoms with Gasteiger partial charge in [0, 0.05) is 18.8 Å². The van der Waals surface area contributed by atoms with E-state index in [-0.39, 0.29) is 17.6 Å². The highest BCUT2D eigenvalue weighted by atomic mass is 16.5. The highest BCUT2D eigenvalue weighted by Crippen LogP contribution is 2.64. The first-order chi connectivity index (χ1) is 7.24. The van der Waals surface area contributed by atoms with Crippen LogP contribution in [0.3, 0.4) is 0 Å². The molecule has 16 heavy (non-hydrogen) atoms. The summed E-state index contributed by atoms with van der Waals surface area (Å²) >= 11 is 0. The number of ether oxygens (including phenoxy) is 1. The molecule has 0 radical (unpaired) electrons. The van der Waals surface area contributed by atoms with E-state index in [1.807, 2.05) is 13.8 Å². The average Bonchev–Trinajstić information content (AvgIpc) is 2.67. The molecule has 0 spiro atoms. The van der Waals surface area contributed by atoms with Gasteiger partial charge in [-0.05, 0) is 18.8 Å². The smallest absolute Gasteiger partial charge is 0.303 e. The molecule has 0 aromatic carbocycles. The molecular formula is C12H18O4. The number of Topliss-reactive ketones (excluding diaryl/α,β-unsaturated/α-hetero) is 1. The minimum Gasteiger partial charge on any atom is -0.455 e. The molecule has 0 saturated heterocycles. The SMILES string of the molecule is CC(=O)OC(C)C(=O)CC1(C=O)CC1(C)C. The Morgan fingerprint density at radius 2 is 1.94 bits per heavy atom. The van der Waals surface area contributed by atoms with Gasteiger partial charge in [0.15, 0.2) is 11.9 Å². The van der Waals surface area contributed by atoms with Gasteiger partial charge in [-0.25, -0.2) is 0 Å². The monoisotopic (exact) mass is 226 g/mol. The lowest BCUT2D eigenvalue weighted by Gasteiger charge is -2.16. The number of aldehydes is 1. The fourth-order valence-corrected chi connectivity index (χ4v) is 2.06. The topological polar surface area (TPSA) is 60.4 Å². The van der Waals surface area contributed by atoms with Crippen LogP contribution >= 0.6 is 0 Å².